The lowest BCUT2D eigenvalue weighted by atomic mass is 10.1. The number of ether oxygens (including phenoxy) is 1. The van der Waals surface area contributed by atoms with Gasteiger partial charge in [0.25, 0.3) is 5.91 Å². The molecule has 0 spiro atoms. The normalized spacial score (nSPS) is 15.0. The van der Waals surface area contributed by atoms with E-state index in [1.807, 2.05) is 11.0 Å². The van der Waals surface area contributed by atoms with Gasteiger partial charge in [-0.25, -0.2) is 0 Å². The molecule has 23 heavy (non-hydrogen) atoms. The van der Waals surface area contributed by atoms with Crippen LogP contribution in [-0.4, -0.2) is 61.0 Å². The van der Waals surface area contributed by atoms with Gasteiger partial charge in [0.2, 0.25) is 0 Å². The minimum atomic E-state index is -0.177. The highest BCUT2D eigenvalue weighted by Crippen LogP contribution is 2.10. The molecule has 2 rings (SSSR count). The smallest absolute Gasteiger partial charge is 0.307 e. The summed E-state index contributed by atoms with van der Waals surface area (Å²) in [4.78, 5) is 27.7. The van der Waals surface area contributed by atoms with E-state index in [1.165, 1.54) is 0 Å². The first-order chi connectivity index (χ1) is 11.1. The molecule has 1 saturated heterocycles. The molecule has 1 amide bonds. The number of piperazine rings is 1. The molecular formula is C17H21N3O3. The predicted molar refractivity (Wildman–Crippen MR) is 84.8 cm³/mol. The Morgan fingerprint density at radius 2 is 1.83 bits per heavy atom. The van der Waals surface area contributed by atoms with E-state index in [-0.39, 0.29) is 11.9 Å². The third-order valence-electron chi connectivity index (χ3n) is 3.86. The van der Waals surface area contributed by atoms with Crippen molar-refractivity contribution in [2.24, 2.45) is 0 Å². The molecule has 0 unspecified atom stereocenters. The molecule has 122 valence electrons. The molecule has 1 fully saturated rings. The number of amides is 1. The van der Waals surface area contributed by atoms with Crippen molar-refractivity contribution in [3.05, 3.63) is 35.4 Å². The van der Waals surface area contributed by atoms with Crippen molar-refractivity contribution in [2.45, 2.75) is 13.3 Å². The van der Waals surface area contributed by atoms with Crippen molar-refractivity contribution in [3.63, 3.8) is 0 Å². The maximum atomic E-state index is 12.4. The van der Waals surface area contributed by atoms with Crippen LogP contribution in [0.1, 0.15) is 29.3 Å². The number of nitriles is 1. The number of benzene rings is 1. The summed E-state index contributed by atoms with van der Waals surface area (Å²) in [5.74, 6) is -0.192. The van der Waals surface area contributed by atoms with Crippen LogP contribution < -0.4 is 0 Å². The van der Waals surface area contributed by atoms with Crippen LogP contribution in [0.15, 0.2) is 24.3 Å². The van der Waals surface area contributed by atoms with Crippen molar-refractivity contribution < 1.29 is 14.3 Å². The standard InChI is InChI=1S/C17H21N3O3/c1-2-23-16(21)7-8-19-9-11-20(12-10-19)17(22)15-5-3-14(13-18)4-6-15/h3-6H,2,7-12H2,1H3. The third kappa shape index (κ3) is 4.80. The second-order valence-corrected chi connectivity index (χ2v) is 5.38. The van der Waals surface area contributed by atoms with Crippen molar-refractivity contribution in [3.8, 4) is 6.07 Å². The van der Waals surface area contributed by atoms with Gasteiger partial charge in [0.15, 0.2) is 0 Å². The van der Waals surface area contributed by atoms with Gasteiger partial charge in [-0.3, -0.25) is 14.5 Å². The Balaban J connectivity index is 1.80. The van der Waals surface area contributed by atoms with Crippen molar-refractivity contribution in [1.29, 1.82) is 5.26 Å². The molecule has 0 N–H and O–H groups in total. The van der Waals surface area contributed by atoms with Crippen LogP contribution in [-0.2, 0) is 9.53 Å². The molecule has 1 aliphatic rings. The number of carbonyl (C=O) groups is 2. The van der Waals surface area contributed by atoms with E-state index in [1.54, 1.807) is 31.2 Å². The second kappa shape index (κ2) is 8.30. The monoisotopic (exact) mass is 315 g/mol. The highest BCUT2D eigenvalue weighted by Gasteiger charge is 2.22. The van der Waals surface area contributed by atoms with Crippen LogP contribution in [0.5, 0.6) is 0 Å². The Morgan fingerprint density at radius 1 is 1.17 bits per heavy atom. The molecular weight excluding hydrogens is 294 g/mol. The topological polar surface area (TPSA) is 73.6 Å². The van der Waals surface area contributed by atoms with Gasteiger partial charge < -0.3 is 9.64 Å². The predicted octanol–water partition coefficient (Wildman–Crippen LogP) is 1.27. The molecule has 0 atom stereocenters. The van der Waals surface area contributed by atoms with Crippen LogP contribution in [0.3, 0.4) is 0 Å². The van der Waals surface area contributed by atoms with E-state index in [2.05, 4.69) is 4.90 Å². The van der Waals surface area contributed by atoms with Crippen molar-refractivity contribution in [1.82, 2.24) is 9.80 Å². The molecule has 0 bridgehead atoms. The maximum Gasteiger partial charge on any atom is 0.307 e. The molecule has 0 saturated carbocycles. The summed E-state index contributed by atoms with van der Waals surface area (Å²) in [6, 6.07) is 8.73. The zero-order valence-electron chi connectivity index (χ0n) is 13.3. The molecule has 1 heterocycles. The van der Waals surface area contributed by atoms with Gasteiger partial charge in [0.05, 0.1) is 24.7 Å². The lowest BCUT2D eigenvalue weighted by Gasteiger charge is -2.34. The van der Waals surface area contributed by atoms with Crippen LogP contribution >= 0.6 is 0 Å². The first kappa shape index (κ1) is 17.0. The maximum absolute atomic E-state index is 12.4. The first-order valence-corrected chi connectivity index (χ1v) is 7.81. The van der Waals surface area contributed by atoms with Crippen LogP contribution in [0.4, 0.5) is 0 Å². The van der Waals surface area contributed by atoms with Crippen LogP contribution in [0.25, 0.3) is 0 Å². The van der Waals surface area contributed by atoms with Gasteiger partial charge >= 0.3 is 5.97 Å². The minimum absolute atomic E-state index is 0.0143. The average molecular weight is 315 g/mol. The number of hydrogen-bond donors (Lipinski definition) is 0. The van der Waals surface area contributed by atoms with Crippen molar-refractivity contribution >= 4 is 11.9 Å². The number of hydrogen-bond acceptors (Lipinski definition) is 5. The molecule has 1 aromatic carbocycles. The molecule has 6 heteroatoms. The summed E-state index contributed by atoms with van der Waals surface area (Å²) in [5, 5.41) is 8.78. The Kier molecular flexibility index (Phi) is 6.12. The lowest BCUT2D eigenvalue weighted by molar-refractivity contribution is -0.143. The van der Waals surface area contributed by atoms with Gasteiger partial charge in [0, 0.05) is 38.3 Å². The summed E-state index contributed by atoms with van der Waals surface area (Å²) < 4.78 is 4.92. The van der Waals surface area contributed by atoms with Gasteiger partial charge in [-0.2, -0.15) is 5.26 Å². The molecule has 1 aliphatic heterocycles. The zero-order chi connectivity index (χ0) is 16.7. The van der Waals surface area contributed by atoms with Gasteiger partial charge in [-0.15, -0.1) is 0 Å². The molecule has 0 radical (unpaired) electrons. The van der Waals surface area contributed by atoms with E-state index >= 15 is 0 Å². The van der Waals surface area contributed by atoms with E-state index in [9.17, 15) is 9.59 Å². The quantitative estimate of drug-likeness (QED) is 0.765. The number of carbonyl (C=O) groups excluding carboxylic acids is 2. The van der Waals surface area contributed by atoms with Crippen molar-refractivity contribution in [2.75, 3.05) is 39.3 Å². The highest BCUT2D eigenvalue weighted by molar-refractivity contribution is 5.94. The zero-order valence-corrected chi connectivity index (χ0v) is 13.3. The van der Waals surface area contributed by atoms with Crippen LogP contribution in [0.2, 0.25) is 0 Å². The van der Waals surface area contributed by atoms with Gasteiger partial charge in [-0.05, 0) is 31.2 Å². The van der Waals surface area contributed by atoms with Gasteiger partial charge in [-0.1, -0.05) is 0 Å². The highest BCUT2D eigenvalue weighted by atomic mass is 16.5. The summed E-state index contributed by atoms with van der Waals surface area (Å²) in [5.41, 5.74) is 1.15. The van der Waals surface area contributed by atoms with E-state index in [0.717, 1.165) is 13.1 Å². The Bertz CT molecular complexity index is 584. The molecule has 0 aromatic heterocycles. The lowest BCUT2D eigenvalue weighted by Crippen LogP contribution is -2.49. The third-order valence-corrected chi connectivity index (χ3v) is 3.86. The molecule has 1 aromatic rings. The number of esters is 1. The number of rotatable bonds is 5. The summed E-state index contributed by atoms with van der Waals surface area (Å²) in [6.07, 6.45) is 0.386. The van der Waals surface area contributed by atoms with E-state index < -0.39 is 0 Å². The van der Waals surface area contributed by atoms with Crippen LogP contribution in [0, 0.1) is 11.3 Å². The fourth-order valence-corrected chi connectivity index (χ4v) is 2.53. The average Bonchev–Trinajstić information content (AvgIpc) is 2.60. The fraction of sp³-hybridized carbons (Fsp3) is 0.471. The Hall–Kier alpha value is -2.39. The number of nitrogens with zero attached hydrogens (tertiary/aromatic N) is 3. The van der Waals surface area contributed by atoms with Gasteiger partial charge in [0.1, 0.15) is 0 Å². The second-order valence-electron chi connectivity index (χ2n) is 5.38. The molecule has 0 aliphatic carbocycles. The SMILES string of the molecule is CCOC(=O)CCN1CCN(C(=O)c2ccc(C#N)cc2)CC1. The Morgan fingerprint density at radius 3 is 2.39 bits per heavy atom. The minimum Gasteiger partial charge on any atom is -0.466 e. The summed E-state index contributed by atoms with van der Waals surface area (Å²) >= 11 is 0. The largest absolute Gasteiger partial charge is 0.466 e. The summed E-state index contributed by atoms with van der Waals surface area (Å²) in [6.45, 7) is 5.65. The van der Waals surface area contributed by atoms with E-state index in [4.69, 9.17) is 10.00 Å². The van der Waals surface area contributed by atoms with E-state index in [0.29, 0.717) is 43.8 Å². The summed E-state index contributed by atoms with van der Waals surface area (Å²) in [7, 11) is 0. The fourth-order valence-electron chi connectivity index (χ4n) is 2.53. The molecule has 6 nitrogen and oxygen atoms in total. The Labute approximate surface area is 136 Å². The first-order valence-electron chi connectivity index (χ1n) is 7.81.